The van der Waals surface area contributed by atoms with Gasteiger partial charge in [0.05, 0.1) is 40.7 Å². The number of benzene rings is 2. The molecule has 1 aliphatic heterocycles. The first kappa shape index (κ1) is 23.6. The number of aliphatic hydroxyl groups is 1. The molecule has 0 bridgehead atoms. The van der Waals surface area contributed by atoms with Crippen LogP contribution in [0.3, 0.4) is 0 Å². The predicted molar refractivity (Wildman–Crippen MR) is 140 cm³/mol. The van der Waals surface area contributed by atoms with E-state index in [0.717, 1.165) is 28.8 Å². The minimum Gasteiger partial charge on any atom is -0.459 e. The molecule has 0 saturated carbocycles. The molecular formula is C27H25ClN6O3. The van der Waals surface area contributed by atoms with E-state index in [-0.39, 0.29) is 12.2 Å². The van der Waals surface area contributed by atoms with Gasteiger partial charge in [0.15, 0.2) is 5.65 Å². The maximum Gasteiger partial charge on any atom is 0.296 e. The van der Waals surface area contributed by atoms with Crippen LogP contribution in [0.5, 0.6) is 6.01 Å². The summed E-state index contributed by atoms with van der Waals surface area (Å²) in [6.07, 6.45) is 3.45. The molecule has 0 aliphatic carbocycles. The Morgan fingerprint density at radius 3 is 2.49 bits per heavy atom. The van der Waals surface area contributed by atoms with E-state index < -0.39 is 6.10 Å². The molecule has 2 N–H and O–H groups in total. The molecule has 0 unspecified atom stereocenters. The number of aromatic amines is 1. The number of rotatable bonds is 6. The quantitative estimate of drug-likeness (QED) is 0.332. The molecule has 9 nitrogen and oxygen atoms in total. The fourth-order valence-corrected chi connectivity index (χ4v) is 4.84. The van der Waals surface area contributed by atoms with Crippen molar-refractivity contribution in [1.82, 2.24) is 29.7 Å². The van der Waals surface area contributed by atoms with Gasteiger partial charge in [-0.1, -0.05) is 54.9 Å². The third-order valence-electron chi connectivity index (χ3n) is 6.56. The average Bonchev–Trinajstić information content (AvgIpc) is 3.59. The van der Waals surface area contributed by atoms with Crippen molar-refractivity contribution >= 4 is 22.8 Å². The van der Waals surface area contributed by atoms with Crippen LogP contribution in [0.4, 0.5) is 0 Å². The fourth-order valence-electron chi connectivity index (χ4n) is 4.58. The Balaban J connectivity index is 1.20. The summed E-state index contributed by atoms with van der Waals surface area (Å²) in [6, 6.07) is 18.3. The average molecular weight is 517 g/mol. The van der Waals surface area contributed by atoms with Crippen molar-refractivity contribution in [3.63, 3.8) is 0 Å². The van der Waals surface area contributed by atoms with Gasteiger partial charge in [-0.3, -0.25) is 0 Å². The highest BCUT2D eigenvalue weighted by atomic mass is 35.5. The van der Waals surface area contributed by atoms with Gasteiger partial charge in [0.1, 0.15) is 18.8 Å². The first-order valence-corrected chi connectivity index (χ1v) is 12.5. The monoisotopic (exact) mass is 516 g/mol. The summed E-state index contributed by atoms with van der Waals surface area (Å²) < 4.78 is 13.4. The van der Waals surface area contributed by atoms with E-state index in [1.54, 1.807) is 17.1 Å². The Bertz CT molecular complexity index is 1500. The third kappa shape index (κ3) is 4.81. The Labute approximate surface area is 218 Å². The summed E-state index contributed by atoms with van der Waals surface area (Å²) in [7, 11) is 0. The molecule has 0 spiro atoms. The summed E-state index contributed by atoms with van der Waals surface area (Å²) in [5.74, 6) is 0. The molecule has 1 fully saturated rings. The van der Waals surface area contributed by atoms with E-state index in [4.69, 9.17) is 26.1 Å². The molecule has 0 radical (unpaired) electrons. The smallest absolute Gasteiger partial charge is 0.296 e. The summed E-state index contributed by atoms with van der Waals surface area (Å²) in [6.45, 7) is 2.40. The molecule has 10 heteroatoms. The SMILES string of the molecule is CC[C@H]1OC[C@H](Oc2nc3nc(-c4ccc(-c5ccc(-n6cncn6)cc5)cc4)c(Cl)cc3[nH]2)C[C@@H]1O. The largest absolute Gasteiger partial charge is 0.459 e. The first-order valence-electron chi connectivity index (χ1n) is 12.2. The van der Waals surface area contributed by atoms with E-state index in [1.165, 1.54) is 6.33 Å². The van der Waals surface area contributed by atoms with E-state index >= 15 is 0 Å². The number of ether oxygens (including phenoxy) is 2. The van der Waals surface area contributed by atoms with Crippen LogP contribution < -0.4 is 4.74 Å². The number of imidazole rings is 1. The van der Waals surface area contributed by atoms with Crippen LogP contribution in [0, 0.1) is 0 Å². The van der Waals surface area contributed by atoms with Gasteiger partial charge in [-0.05, 0) is 35.7 Å². The molecule has 3 atom stereocenters. The maximum atomic E-state index is 10.2. The summed E-state index contributed by atoms with van der Waals surface area (Å²) in [4.78, 5) is 16.3. The van der Waals surface area contributed by atoms with Gasteiger partial charge in [-0.2, -0.15) is 10.1 Å². The maximum absolute atomic E-state index is 10.2. The van der Waals surface area contributed by atoms with Gasteiger partial charge in [0, 0.05) is 12.0 Å². The zero-order valence-electron chi connectivity index (χ0n) is 20.1. The number of pyridine rings is 1. The number of hydrogen-bond acceptors (Lipinski definition) is 7. The molecule has 3 aromatic heterocycles. The van der Waals surface area contributed by atoms with Crippen LogP contribution in [0.2, 0.25) is 5.02 Å². The van der Waals surface area contributed by atoms with E-state index in [1.807, 2.05) is 55.5 Å². The van der Waals surface area contributed by atoms with Crippen LogP contribution in [0.1, 0.15) is 19.8 Å². The number of hydrogen-bond donors (Lipinski definition) is 2. The second kappa shape index (κ2) is 9.93. The van der Waals surface area contributed by atoms with E-state index in [0.29, 0.717) is 40.9 Å². The van der Waals surface area contributed by atoms with Gasteiger partial charge in [0.25, 0.3) is 6.01 Å². The molecular weight excluding hydrogens is 492 g/mol. The van der Waals surface area contributed by atoms with Crippen LogP contribution in [-0.4, -0.2) is 59.7 Å². The van der Waals surface area contributed by atoms with E-state index in [2.05, 4.69) is 20.1 Å². The van der Waals surface area contributed by atoms with E-state index in [9.17, 15) is 5.11 Å². The molecule has 37 heavy (non-hydrogen) atoms. The van der Waals surface area contributed by atoms with Crippen LogP contribution in [0.15, 0.2) is 67.3 Å². The topological polar surface area (TPSA) is 111 Å². The van der Waals surface area contributed by atoms with Crippen molar-refractivity contribution in [3.8, 4) is 34.1 Å². The normalized spacial score (nSPS) is 19.8. The van der Waals surface area contributed by atoms with Gasteiger partial charge in [-0.15, -0.1) is 0 Å². The number of nitrogens with zero attached hydrogens (tertiary/aromatic N) is 5. The zero-order valence-corrected chi connectivity index (χ0v) is 20.8. The van der Waals surface area contributed by atoms with Gasteiger partial charge in [-0.25, -0.2) is 14.6 Å². The molecule has 4 heterocycles. The molecule has 0 amide bonds. The Morgan fingerprint density at radius 2 is 1.81 bits per heavy atom. The van der Waals surface area contributed by atoms with Crippen LogP contribution >= 0.6 is 11.6 Å². The summed E-state index contributed by atoms with van der Waals surface area (Å²) in [5.41, 5.74) is 5.81. The first-order chi connectivity index (χ1) is 18.1. The van der Waals surface area contributed by atoms with Crippen molar-refractivity contribution in [2.45, 2.75) is 38.1 Å². The molecule has 5 aromatic rings. The number of H-pyrrole nitrogens is 1. The molecule has 1 saturated heterocycles. The third-order valence-corrected chi connectivity index (χ3v) is 6.85. The highest BCUT2D eigenvalue weighted by Gasteiger charge is 2.30. The number of aromatic nitrogens is 6. The minimum atomic E-state index is -0.554. The molecule has 6 rings (SSSR count). The second-order valence-corrected chi connectivity index (χ2v) is 9.43. The van der Waals surface area contributed by atoms with Gasteiger partial charge in [0.2, 0.25) is 0 Å². The lowest BCUT2D eigenvalue weighted by molar-refractivity contribution is -0.118. The molecule has 2 aromatic carbocycles. The van der Waals surface area contributed by atoms with Crippen LogP contribution in [-0.2, 0) is 4.74 Å². The fraction of sp³-hybridized carbons (Fsp3) is 0.259. The molecule has 1 aliphatic rings. The van der Waals surface area contributed by atoms with Crippen LogP contribution in [0.25, 0.3) is 39.2 Å². The van der Waals surface area contributed by atoms with Gasteiger partial charge < -0.3 is 19.6 Å². The summed E-state index contributed by atoms with van der Waals surface area (Å²) in [5, 5.41) is 14.9. The Morgan fingerprint density at radius 1 is 1.08 bits per heavy atom. The molecule has 188 valence electrons. The zero-order chi connectivity index (χ0) is 25.4. The number of aliphatic hydroxyl groups excluding tert-OH is 1. The number of fused-ring (bicyclic) bond motifs is 1. The second-order valence-electron chi connectivity index (χ2n) is 9.02. The minimum absolute atomic E-state index is 0.149. The standard InChI is InChI=1S/C27H25ClN6O3/c1-2-24-23(35)11-20(13-36-24)37-27-31-22-12-21(28)25(32-26(22)33-27)18-5-3-16(4-6-18)17-7-9-19(10-8-17)34-15-29-14-30-34/h3-10,12,14-15,20,23-24,35H,2,11,13H2,1H3,(H,31,32,33)/t20-,23+,24-/m1/s1. The van der Waals surface area contributed by atoms with Crippen molar-refractivity contribution in [1.29, 1.82) is 0 Å². The Kier molecular flexibility index (Phi) is 6.33. The lowest BCUT2D eigenvalue weighted by atomic mass is 10.0. The number of halogens is 1. The van der Waals surface area contributed by atoms with Gasteiger partial charge >= 0.3 is 0 Å². The highest BCUT2D eigenvalue weighted by molar-refractivity contribution is 6.33. The van der Waals surface area contributed by atoms with Crippen molar-refractivity contribution in [3.05, 3.63) is 72.3 Å². The lowest BCUT2D eigenvalue weighted by Gasteiger charge is -2.32. The van der Waals surface area contributed by atoms with Crippen molar-refractivity contribution < 1.29 is 14.6 Å². The van der Waals surface area contributed by atoms with Crippen molar-refractivity contribution in [2.24, 2.45) is 0 Å². The lowest BCUT2D eigenvalue weighted by Crippen LogP contribution is -2.43. The number of nitrogens with one attached hydrogen (secondary N) is 1. The Hall–Kier alpha value is -3.79. The predicted octanol–water partition coefficient (Wildman–Crippen LogP) is 4.83. The summed E-state index contributed by atoms with van der Waals surface area (Å²) >= 11 is 6.60. The highest BCUT2D eigenvalue weighted by Crippen LogP contribution is 2.32. The van der Waals surface area contributed by atoms with Crippen molar-refractivity contribution in [2.75, 3.05) is 6.61 Å².